The molecule has 1 heterocycles. The van der Waals surface area contributed by atoms with Gasteiger partial charge in [-0.25, -0.2) is 0 Å². The Kier molecular flexibility index (Phi) is 4.20. The molecular formula is C13H16N4O. The van der Waals surface area contributed by atoms with Gasteiger partial charge in [-0.3, -0.25) is 4.79 Å². The van der Waals surface area contributed by atoms with Crippen LogP contribution < -0.4 is 4.90 Å². The number of carbonyl (C=O) groups is 1. The van der Waals surface area contributed by atoms with E-state index in [0.29, 0.717) is 0 Å². The first-order valence-electron chi connectivity index (χ1n) is 6.22. The van der Waals surface area contributed by atoms with Crippen molar-refractivity contribution in [1.82, 2.24) is 0 Å². The van der Waals surface area contributed by atoms with Gasteiger partial charge in [-0.1, -0.05) is 18.2 Å². The number of piperidine rings is 1. The minimum atomic E-state index is -0.429. The van der Waals surface area contributed by atoms with E-state index in [-0.39, 0.29) is 6.42 Å². The summed E-state index contributed by atoms with van der Waals surface area (Å²) in [4.78, 5) is 16.3. The first-order chi connectivity index (χ1) is 8.81. The molecule has 0 atom stereocenters. The minimum Gasteiger partial charge on any atom is -0.371 e. The van der Waals surface area contributed by atoms with Gasteiger partial charge in [0.15, 0.2) is 0 Å². The molecule has 18 heavy (non-hydrogen) atoms. The molecule has 0 bridgehead atoms. The second-order valence-electron chi connectivity index (χ2n) is 4.44. The van der Waals surface area contributed by atoms with E-state index >= 15 is 0 Å². The van der Waals surface area contributed by atoms with E-state index < -0.39 is 5.91 Å². The van der Waals surface area contributed by atoms with Crippen molar-refractivity contribution in [3.05, 3.63) is 40.3 Å². The Morgan fingerprint density at radius 1 is 1.28 bits per heavy atom. The lowest BCUT2D eigenvalue weighted by atomic mass is 10.0. The van der Waals surface area contributed by atoms with E-state index in [1.165, 1.54) is 19.3 Å². The van der Waals surface area contributed by atoms with Crippen molar-refractivity contribution >= 4 is 11.6 Å². The molecular weight excluding hydrogens is 228 g/mol. The Balaban J connectivity index is 2.19. The summed E-state index contributed by atoms with van der Waals surface area (Å²) in [7, 11) is 0. The lowest BCUT2D eigenvalue weighted by molar-refractivity contribution is -0.117. The first kappa shape index (κ1) is 12.5. The van der Waals surface area contributed by atoms with Crippen LogP contribution in [0.5, 0.6) is 0 Å². The van der Waals surface area contributed by atoms with Crippen LogP contribution in [0.3, 0.4) is 0 Å². The molecule has 1 aromatic carbocycles. The Hall–Kier alpha value is -2.00. The Labute approximate surface area is 106 Å². The maximum atomic E-state index is 11.4. The second kappa shape index (κ2) is 6.07. The number of para-hydroxylation sites is 1. The van der Waals surface area contributed by atoms with Gasteiger partial charge in [-0.2, -0.15) is 0 Å². The van der Waals surface area contributed by atoms with Gasteiger partial charge in [0.25, 0.3) is 0 Å². The van der Waals surface area contributed by atoms with Crippen molar-refractivity contribution in [2.24, 2.45) is 5.11 Å². The van der Waals surface area contributed by atoms with Crippen LogP contribution in [0.2, 0.25) is 0 Å². The van der Waals surface area contributed by atoms with E-state index in [2.05, 4.69) is 14.9 Å². The summed E-state index contributed by atoms with van der Waals surface area (Å²) in [6.45, 7) is 2.07. The number of azide groups is 1. The molecule has 0 unspecified atom stereocenters. The minimum absolute atomic E-state index is 0.177. The van der Waals surface area contributed by atoms with E-state index in [0.717, 1.165) is 24.3 Å². The number of hydrogen-bond acceptors (Lipinski definition) is 2. The zero-order chi connectivity index (χ0) is 12.8. The van der Waals surface area contributed by atoms with E-state index in [1.807, 2.05) is 24.3 Å². The molecule has 1 aliphatic heterocycles. The largest absolute Gasteiger partial charge is 0.371 e. The van der Waals surface area contributed by atoms with Crippen molar-refractivity contribution in [1.29, 1.82) is 0 Å². The quantitative estimate of drug-likeness (QED) is 0.466. The lowest BCUT2D eigenvalue weighted by Gasteiger charge is -2.30. The second-order valence-corrected chi connectivity index (χ2v) is 4.44. The molecule has 0 aliphatic carbocycles. The molecule has 2 rings (SSSR count). The molecule has 0 radical (unpaired) electrons. The van der Waals surface area contributed by atoms with E-state index in [4.69, 9.17) is 5.53 Å². The number of nitrogens with zero attached hydrogens (tertiary/aromatic N) is 4. The molecule has 0 spiro atoms. The monoisotopic (exact) mass is 244 g/mol. The van der Waals surface area contributed by atoms with Crippen LogP contribution in [0.15, 0.2) is 29.4 Å². The summed E-state index contributed by atoms with van der Waals surface area (Å²) >= 11 is 0. The molecule has 1 saturated heterocycles. The SMILES string of the molecule is [N-]=[N+]=NC(=O)Cc1ccccc1N1CCCCC1. The van der Waals surface area contributed by atoms with Crippen molar-refractivity contribution in [3.8, 4) is 0 Å². The van der Waals surface area contributed by atoms with Gasteiger partial charge in [0.2, 0.25) is 5.91 Å². The van der Waals surface area contributed by atoms with Crippen molar-refractivity contribution in [2.45, 2.75) is 25.7 Å². The van der Waals surface area contributed by atoms with Crippen LogP contribution in [-0.2, 0) is 11.2 Å². The molecule has 1 fully saturated rings. The van der Waals surface area contributed by atoms with Gasteiger partial charge in [-0.05, 0) is 41.5 Å². The molecule has 94 valence electrons. The third-order valence-corrected chi connectivity index (χ3v) is 3.19. The highest BCUT2D eigenvalue weighted by Gasteiger charge is 2.15. The number of benzene rings is 1. The number of carbonyl (C=O) groups excluding carboxylic acids is 1. The fourth-order valence-electron chi connectivity index (χ4n) is 2.35. The third kappa shape index (κ3) is 3.02. The highest BCUT2D eigenvalue weighted by molar-refractivity contribution is 5.81. The lowest BCUT2D eigenvalue weighted by Crippen LogP contribution is -2.30. The maximum absolute atomic E-state index is 11.4. The summed E-state index contributed by atoms with van der Waals surface area (Å²) < 4.78 is 0. The van der Waals surface area contributed by atoms with Gasteiger partial charge in [0, 0.05) is 30.1 Å². The normalized spacial score (nSPS) is 15.0. The van der Waals surface area contributed by atoms with Crippen molar-refractivity contribution < 1.29 is 4.79 Å². The summed E-state index contributed by atoms with van der Waals surface area (Å²) in [5.41, 5.74) is 10.3. The maximum Gasteiger partial charge on any atom is 0.223 e. The Morgan fingerprint density at radius 3 is 2.72 bits per heavy atom. The molecule has 5 nitrogen and oxygen atoms in total. The fraction of sp³-hybridized carbons (Fsp3) is 0.462. The number of amides is 1. The van der Waals surface area contributed by atoms with E-state index in [9.17, 15) is 4.79 Å². The topological polar surface area (TPSA) is 69.1 Å². The zero-order valence-electron chi connectivity index (χ0n) is 10.2. The average Bonchev–Trinajstić information content (AvgIpc) is 2.40. The standard InChI is InChI=1S/C13H16N4O/c14-16-15-13(18)10-11-6-2-3-7-12(11)17-8-4-1-5-9-17/h2-3,6-7H,1,4-5,8-10H2. The van der Waals surface area contributed by atoms with Crippen LogP contribution in [0.1, 0.15) is 24.8 Å². The molecule has 0 N–H and O–H groups in total. The van der Waals surface area contributed by atoms with Gasteiger partial charge in [0.05, 0.1) is 0 Å². The van der Waals surface area contributed by atoms with Gasteiger partial charge in [-0.15, -0.1) is 0 Å². The van der Waals surface area contributed by atoms with Crippen LogP contribution >= 0.6 is 0 Å². The first-order valence-corrected chi connectivity index (χ1v) is 6.22. The third-order valence-electron chi connectivity index (χ3n) is 3.19. The van der Waals surface area contributed by atoms with Gasteiger partial charge in [0.1, 0.15) is 0 Å². The van der Waals surface area contributed by atoms with Crippen LogP contribution in [0.4, 0.5) is 5.69 Å². The van der Waals surface area contributed by atoms with Crippen molar-refractivity contribution in [2.75, 3.05) is 18.0 Å². The average molecular weight is 244 g/mol. The predicted molar refractivity (Wildman–Crippen MR) is 70.4 cm³/mol. The molecule has 1 amide bonds. The smallest absolute Gasteiger partial charge is 0.223 e. The van der Waals surface area contributed by atoms with Crippen LogP contribution in [-0.4, -0.2) is 19.0 Å². The molecule has 0 saturated carbocycles. The van der Waals surface area contributed by atoms with E-state index in [1.54, 1.807) is 0 Å². The molecule has 1 aliphatic rings. The summed E-state index contributed by atoms with van der Waals surface area (Å²) in [5, 5.41) is 3.13. The summed E-state index contributed by atoms with van der Waals surface area (Å²) in [6.07, 6.45) is 3.84. The fourth-order valence-corrected chi connectivity index (χ4v) is 2.35. The number of rotatable bonds is 3. The van der Waals surface area contributed by atoms with Gasteiger partial charge >= 0.3 is 0 Å². The van der Waals surface area contributed by atoms with Gasteiger partial charge < -0.3 is 4.90 Å². The Bertz CT molecular complexity index is 474. The van der Waals surface area contributed by atoms with Crippen LogP contribution in [0, 0.1) is 0 Å². The zero-order valence-corrected chi connectivity index (χ0v) is 10.2. The molecule has 1 aromatic rings. The number of hydrogen-bond donors (Lipinski definition) is 0. The highest BCUT2D eigenvalue weighted by atomic mass is 16.1. The molecule has 5 heteroatoms. The summed E-state index contributed by atoms with van der Waals surface area (Å²) in [6, 6.07) is 7.84. The van der Waals surface area contributed by atoms with Crippen molar-refractivity contribution in [3.63, 3.8) is 0 Å². The van der Waals surface area contributed by atoms with Crippen LogP contribution in [0.25, 0.3) is 10.4 Å². The predicted octanol–water partition coefficient (Wildman–Crippen LogP) is 3.06. The summed E-state index contributed by atoms with van der Waals surface area (Å²) in [5.74, 6) is -0.429. The molecule has 0 aromatic heterocycles. The highest BCUT2D eigenvalue weighted by Crippen LogP contribution is 2.24. The Morgan fingerprint density at radius 2 is 2.00 bits per heavy atom. The number of anilines is 1.